The maximum absolute atomic E-state index is 14.4. The molecule has 0 aliphatic carbocycles. The molecular weight excluding hydrogens is 568 g/mol. The van der Waals surface area contributed by atoms with Crippen molar-refractivity contribution in [1.82, 2.24) is 0 Å². The minimum atomic E-state index is -4.64. The maximum atomic E-state index is 14.4. The Bertz CT molecular complexity index is 1290. The van der Waals surface area contributed by atoms with Crippen LogP contribution in [0.5, 0.6) is 0 Å². The van der Waals surface area contributed by atoms with Crippen molar-refractivity contribution in [3.05, 3.63) is 28.8 Å². The summed E-state index contributed by atoms with van der Waals surface area (Å²) in [6, 6.07) is 3.63. The Labute approximate surface area is 248 Å². The zero-order valence-corrected chi connectivity index (χ0v) is 26.6. The van der Waals surface area contributed by atoms with E-state index in [1.165, 1.54) is 6.92 Å². The molecule has 234 valence electrons. The lowest BCUT2D eigenvalue weighted by atomic mass is 9.89. The first kappa shape index (κ1) is 35.1. The lowest BCUT2D eigenvalue weighted by molar-refractivity contribution is -0.297. The van der Waals surface area contributed by atoms with Crippen molar-refractivity contribution in [2.24, 2.45) is 0 Å². The summed E-state index contributed by atoms with van der Waals surface area (Å²) in [4.78, 5) is 36.2. The fourth-order valence-electron chi connectivity index (χ4n) is 4.76. The molecule has 1 unspecified atom stereocenters. The number of hydrogen-bond donors (Lipinski definition) is 1. The van der Waals surface area contributed by atoms with Gasteiger partial charge in [-0.15, -0.1) is 0 Å². The number of carbonyl (C=O) groups excluding carboxylic acids is 3. The minimum Gasteiger partial charge on any atom is -0.455 e. The summed E-state index contributed by atoms with van der Waals surface area (Å²) in [5.74, 6) is -0.473. The van der Waals surface area contributed by atoms with Crippen molar-refractivity contribution >= 4 is 27.7 Å². The number of benzene rings is 1. The van der Waals surface area contributed by atoms with E-state index in [9.17, 15) is 27.9 Å². The third kappa shape index (κ3) is 8.02. The number of ether oxygens (including phenoxy) is 5. The van der Waals surface area contributed by atoms with E-state index in [1.54, 1.807) is 0 Å². The third-order valence-corrected chi connectivity index (χ3v) is 8.62. The van der Waals surface area contributed by atoms with Crippen LogP contribution in [0.25, 0.3) is 0 Å². The van der Waals surface area contributed by atoms with Gasteiger partial charge in [-0.1, -0.05) is 59.6 Å². The summed E-state index contributed by atoms with van der Waals surface area (Å²) in [6.45, 7) is 16.0. The first-order valence-corrected chi connectivity index (χ1v) is 15.3. The molecule has 1 aromatic carbocycles. The van der Waals surface area contributed by atoms with Crippen LogP contribution in [0.2, 0.25) is 0 Å². The van der Waals surface area contributed by atoms with Gasteiger partial charge < -0.3 is 28.8 Å². The summed E-state index contributed by atoms with van der Waals surface area (Å²) >= 11 is 0. The topological polar surface area (TPSA) is 152 Å². The molecule has 1 aliphatic rings. The number of carbonyl (C=O) groups is 3. The van der Waals surface area contributed by atoms with Crippen molar-refractivity contribution in [3.63, 3.8) is 0 Å². The highest BCUT2D eigenvalue weighted by molar-refractivity contribution is 7.92. The van der Waals surface area contributed by atoms with Crippen LogP contribution in [0, 0.1) is 12.0 Å². The Morgan fingerprint density at radius 2 is 1.26 bits per heavy atom. The smallest absolute Gasteiger partial charge is 0.303 e. The van der Waals surface area contributed by atoms with Gasteiger partial charge in [0.15, 0.2) is 17.6 Å². The molecule has 0 bridgehead atoms. The summed E-state index contributed by atoms with van der Waals surface area (Å²) in [5, 5.41) is 11.6. The summed E-state index contributed by atoms with van der Waals surface area (Å²) < 4.78 is 56.1. The second-order valence-electron chi connectivity index (χ2n) is 11.1. The second kappa shape index (κ2) is 14.4. The number of sulfone groups is 1. The molecule has 1 N–H and O–H groups in total. The highest BCUT2D eigenvalue weighted by atomic mass is 32.2. The van der Waals surface area contributed by atoms with Crippen LogP contribution >= 0.6 is 0 Å². The van der Waals surface area contributed by atoms with Gasteiger partial charge in [-0.25, -0.2) is 8.42 Å². The summed E-state index contributed by atoms with van der Waals surface area (Å²) in [5.41, 5.74) is -0.391. The van der Waals surface area contributed by atoms with Crippen LogP contribution in [-0.4, -0.2) is 67.6 Å². The van der Waals surface area contributed by atoms with Crippen molar-refractivity contribution < 1.29 is 51.6 Å². The van der Waals surface area contributed by atoms with Crippen molar-refractivity contribution in [1.29, 1.82) is 0 Å². The van der Waals surface area contributed by atoms with Crippen LogP contribution < -0.4 is 0 Å². The number of esters is 3. The number of aliphatic hydroxyl groups excluding tert-OH is 1. The Hall–Kier alpha value is -3.14. The maximum Gasteiger partial charge on any atom is 0.303 e. The van der Waals surface area contributed by atoms with E-state index in [1.807, 2.05) is 53.7 Å². The molecule has 1 aromatic rings. The van der Waals surface area contributed by atoms with Crippen LogP contribution in [0.3, 0.4) is 0 Å². The Balaban J connectivity index is 2.84. The first-order valence-electron chi connectivity index (χ1n) is 13.8. The number of aliphatic hydroxyl groups is 1. The predicted octanol–water partition coefficient (Wildman–Crippen LogP) is 3.67. The molecule has 0 aromatic heterocycles. The van der Waals surface area contributed by atoms with Crippen LogP contribution in [0.4, 0.5) is 0 Å². The lowest BCUT2D eigenvalue weighted by Crippen LogP contribution is -2.65. The van der Waals surface area contributed by atoms with Gasteiger partial charge in [-0.05, 0) is 34.4 Å². The quantitative estimate of drug-likeness (QED) is 0.235. The van der Waals surface area contributed by atoms with E-state index < -0.39 is 63.9 Å². The molecule has 1 heterocycles. The van der Waals surface area contributed by atoms with Gasteiger partial charge in [0.2, 0.25) is 15.9 Å². The molecule has 1 fully saturated rings. The largest absolute Gasteiger partial charge is 0.455 e. The fraction of sp³-hybridized carbons (Fsp3) is 0.633. The molecule has 42 heavy (non-hydrogen) atoms. The van der Waals surface area contributed by atoms with Gasteiger partial charge in [0, 0.05) is 27.7 Å². The third-order valence-electron chi connectivity index (χ3n) is 6.68. The first-order chi connectivity index (χ1) is 19.4. The van der Waals surface area contributed by atoms with Gasteiger partial charge >= 0.3 is 17.9 Å². The van der Waals surface area contributed by atoms with E-state index in [-0.39, 0.29) is 22.6 Å². The van der Waals surface area contributed by atoms with E-state index in [0.717, 1.165) is 26.3 Å². The monoisotopic (exact) mass is 610 g/mol. The molecule has 0 saturated carbocycles. The van der Waals surface area contributed by atoms with Gasteiger partial charge in [0.05, 0.1) is 4.90 Å². The summed E-state index contributed by atoms with van der Waals surface area (Å²) in [7, 11) is -4.64. The lowest BCUT2D eigenvalue weighted by Gasteiger charge is -2.44. The molecule has 1 aliphatic heterocycles. The van der Waals surface area contributed by atoms with E-state index in [0.29, 0.717) is 11.1 Å². The highest BCUT2D eigenvalue weighted by Gasteiger charge is 2.57. The van der Waals surface area contributed by atoms with Gasteiger partial charge in [-0.2, -0.15) is 0 Å². The number of hydrogen-bond acceptors (Lipinski definition) is 11. The van der Waals surface area contributed by atoms with E-state index in [4.69, 9.17) is 23.7 Å². The standard InChI is InChI=1S/C30H42O11S/c1-11-12-37-30-27(40-20(10)33)25(39-19(9)32)24(38-18(8)31)26(41-30)29(34)42(35,36)28-22(16(4)5)13-21(15(2)3)14-23(28)17(6)7/h13-17,24-27,29-30,34H,1-10H3/t24-,25-,26-,27-,29?,30-/m1/s1. The average Bonchev–Trinajstić information content (AvgIpc) is 2.87. The average molecular weight is 611 g/mol. The molecule has 0 spiro atoms. The van der Waals surface area contributed by atoms with Gasteiger partial charge in [0.25, 0.3) is 6.29 Å². The fourth-order valence-corrected chi connectivity index (χ4v) is 6.82. The van der Waals surface area contributed by atoms with Crippen LogP contribution in [0.1, 0.15) is 104 Å². The molecule has 12 heteroatoms. The molecule has 1 saturated heterocycles. The Kier molecular flexibility index (Phi) is 12.0. The van der Waals surface area contributed by atoms with Gasteiger partial charge in [-0.3, -0.25) is 14.4 Å². The SMILES string of the molecule is CC#CO[C@@H]1O[C@@H](C(O)S(=O)(=O)c2c(C(C)C)cc(C(C)C)cc2C(C)C)[C@H](OC(C)=O)[C@@H](OC(C)=O)[C@H]1OC(C)=O. The van der Waals surface area contributed by atoms with Crippen molar-refractivity contribution in [2.45, 2.75) is 128 Å². The summed E-state index contributed by atoms with van der Waals surface area (Å²) in [6.07, 6.45) is -6.01. The van der Waals surface area contributed by atoms with E-state index in [2.05, 4.69) is 12.0 Å². The van der Waals surface area contributed by atoms with E-state index >= 15 is 0 Å². The molecule has 0 amide bonds. The van der Waals surface area contributed by atoms with Gasteiger partial charge in [0.1, 0.15) is 12.2 Å². The Morgan fingerprint density at radius 1 is 0.810 bits per heavy atom. The molecule has 2 rings (SSSR count). The highest BCUT2D eigenvalue weighted by Crippen LogP contribution is 2.39. The van der Waals surface area contributed by atoms with Crippen molar-refractivity contribution in [3.8, 4) is 12.0 Å². The normalized spacial score (nSPS) is 23.1. The van der Waals surface area contributed by atoms with Crippen LogP contribution in [-0.2, 0) is 47.9 Å². The molecular formula is C30H42O11S. The zero-order chi connectivity index (χ0) is 32.1. The molecule has 0 radical (unpaired) electrons. The van der Waals surface area contributed by atoms with Crippen LogP contribution in [0.15, 0.2) is 17.0 Å². The number of rotatable bonds is 10. The minimum absolute atomic E-state index is 0.0634. The van der Waals surface area contributed by atoms with Crippen molar-refractivity contribution in [2.75, 3.05) is 0 Å². The second-order valence-corrected chi connectivity index (χ2v) is 13.1. The molecule has 6 atom stereocenters. The zero-order valence-electron chi connectivity index (χ0n) is 25.8. The predicted molar refractivity (Wildman–Crippen MR) is 152 cm³/mol. The Morgan fingerprint density at radius 3 is 1.67 bits per heavy atom. The molecule has 11 nitrogen and oxygen atoms in total.